The summed E-state index contributed by atoms with van der Waals surface area (Å²) in [7, 11) is -3.81. The number of hydrogen-bond donors (Lipinski definition) is 3. The van der Waals surface area contributed by atoms with Crippen LogP contribution in [0.5, 0.6) is 0 Å². The number of hydrogen-bond acceptors (Lipinski definition) is 4. The molecule has 0 atom stereocenters. The highest BCUT2D eigenvalue weighted by Gasteiger charge is 2.35. The molecule has 0 radical (unpaired) electrons. The maximum absolute atomic E-state index is 12.4. The second-order valence-electron chi connectivity index (χ2n) is 6.77. The van der Waals surface area contributed by atoms with Crippen LogP contribution in [0.25, 0.3) is 0 Å². The molecule has 1 aliphatic carbocycles. The summed E-state index contributed by atoms with van der Waals surface area (Å²) in [4.78, 5) is 12.3. The molecule has 0 saturated heterocycles. The standard InChI is InChI=1S/C19H22ClN3O3S/c20-15-8-6-14(7-9-15)19(10-1-2-11-19)22-13-18(24)23-16-4-3-5-17(12-16)27(21,25)26/h3-9,12,22H,1-2,10-11,13H2,(H,23,24)(H2,21,25,26). The molecule has 27 heavy (non-hydrogen) atoms. The van der Waals surface area contributed by atoms with Crippen LogP contribution in [0.3, 0.4) is 0 Å². The zero-order valence-electron chi connectivity index (χ0n) is 14.7. The number of primary sulfonamides is 1. The largest absolute Gasteiger partial charge is 0.325 e. The van der Waals surface area contributed by atoms with Gasteiger partial charge >= 0.3 is 0 Å². The molecule has 1 amide bonds. The Hall–Kier alpha value is -1.93. The van der Waals surface area contributed by atoms with E-state index in [9.17, 15) is 13.2 Å². The van der Waals surface area contributed by atoms with Crippen molar-refractivity contribution in [3.05, 3.63) is 59.1 Å². The molecule has 3 rings (SSSR count). The number of sulfonamides is 1. The minimum Gasteiger partial charge on any atom is -0.325 e. The minimum absolute atomic E-state index is 0.0401. The first-order chi connectivity index (χ1) is 12.8. The maximum Gasteiger partial charge on any atom is 0.238 e. The topological polar surface area (TPSA) is 101 Å². The summed E-state index contributed by atoms with van der Waals surface area (Å²) in [6, 6.07) is 13.6. The predicted octanol–water partition coefficient (Wildman–Crippen LogP) is 2.99. The molecule has 0 unspecified atom stereocenters. The molecular formula is C19H22ClN3O3S. The lowest BCUT2D eigenvalue weighted by Crippen LogP contribution is -2.44. The number of anilines is 1. The first-order valence-electron chi connectivity index (χ1n) is 8.72. The van der Waals surface area contributed by atoms with Crippen LogP contribution < -0.4 is 15.8 Å². The van der Waals surface area contributed by atoms with E-state index >= 15 is 0 Å². The van der Waals surface area contributed by atoms with Crippen LogP contribution in [0.1, 0.15) is 31.2 Å². The van der Waals surface area contributed by atoms with Gasteiger partial charge in [-0.05, 0) is 48.7 Å². The number of nitrogens with one attached hydrogen (secondary N) is 2. The molecule has 1 aliphatic rings. The lowest BCUT2D eigenvalue weighted by atomic mass is 9.88. The fourth-order valence-corrected chi connectivity index (χ4v) is 4.21. The lowest BCUT2D eigenvalue weighted by Gasteiger charge is -2.31. The zero-order chi connectivity index (χ0) is 19.5. The molecule has 0 bridgehead atoms. The maximum atomic E-state index is 12.4. The van der Waals surface area contributed by atoms with Crippen molar-refractivity contribution in [2.75, 3.05) is 11.9 Å². The number of benzene rings is 2. The fourth-order valence-electron chi connectivity index (χ4n) is 3.52. The number of rotatable bonds is 6. The normalized spacial score (nSPS) is 16.2. The van der Waals surface area contributed by atoms with Gasteiger partial charge in [-0.25, -0.2) is 13.6 Å². The summed E-state index contributed by atoms with van der Waals surface area (Å²) in [5, 5.41) is 11.9. The quantitative estimate of drug-likeness (QED) is 0.685. The summed E-state index contributed by atoms with van der Waals surface area (Å²) >= 11 is 5.99. The van der Waals surface area contributed by atoms with Gasteiger partial charge in [-0.3, -0.25) is 10.1 Å². The van der Waals surface area contributed by atoms with E-state index in [4.69, 9.17) is 16.7 Å². The third-order valence-electron chi connectivity index (χ3n) is 4.89. The smallest absolute Gasteiger partial charge is 0.238 e. The van der Waals surface area contributed by atoms with Gasteiger partial charge in [0.05, 0.1) is 11.4 Å². The summed E-state index contributed by atoms with van der Waals surface area (Å²) in [6.45, 7) is 0.113. The summed E-state index contributed by atoms with van der Waals surface area (Å²) < 4.78 is 22.9. The van der Waals surface area contributed by atoms with Crippen LogP contribution in [0.4, 0.5) is 5.69 Å². The van der Waals surface area contributed by atoms with Crippen molar-refractivity contribution in [3.63, 3.8) is 0 Å². The molecule has 6 nitrogen and oxygen atoms in total. The Morgan fingerprint density at radius 1 is 1.11 bits per heavy atom. The van der Waals surface area contributed by atoms with Gasteiger partial charge in [0.25, 0.3) is 0 Å². The monoisotopic (exact) mass is 407 g/mol. The van der Waals surface area contributed by atoms with E-state index in [0.29, 0.717) is 10.7 Å². The molecule has 0 aliphatic heterocycles. The number of amides is 1. The fraction of sp³-hybridized carbons (Fsp3) is 0.316. The SMILES string of the molecule is NS(=O)(=O)c1cccc(NC(=O)CNC2(c3ccc(Cl)cc3)CCCC2)c1. The molecule has 1 saturated carbocycles. The van der Waals surface area contributed by atoms with Crippen molar-refractivity contribution in [2.45, 2.75) is 36.1 Å². The average Bonchev–Trinajstić information content (AvgIpc) is 3.10. The summed E-state index contributed by atoms with van der Waals surface area (Å²) in [6.07, 6.45) is 4.08. The second-order valence-corrected chi connectivity index (χ2v) is 8.77. The lowest BCUT2D eigenvalue weighted by molar-refractivity contribution is -0.115. The third kappa shape index (κ3) is 4.87. The van der Waals surface area contributed by atoms with Crippen molar-refractivity contribution in [1.82, 2.24) is 5.32 Å². The molecule has 2 aromatic rings. The molecule has 1 fully saturated rings. The Bertz CT molecular complexity index is 923. The minimum atomic E-state index is -3.81. The van der Waals surface area contributed by atoms with Gasteiger partial charge in [-0.2, -0.15) is 0 Å². The predicted molar refractivity (Wildman–Crippen MR) is 106 cm³/mol. The number of carbonyl (C=O) groups is 1. The van der Waals surface area contributed by atoms with E-state index in [1.165, 1.54) is 18.2 Å². The molecule has 0 spiro atoms. The first-order valence-corrected chi connectivity index (χ1v) is 10.6. The van der Waals surface area contributed by atoms with Crippen LogP contribution in [-0.2, 0) is 20.4 Å². The van der Waals surface area contributed by atoms with E-state index in [-0.39, 0.29) is 22.9 Å². The molecule has 2 aromatic carbocycles. The van der Waals surface area contributed by atoms with Crippen LogP contribution in [0, 0.1) is 0 Å². The Labute approximate surface area is 164 Å². The highest BCUT2D eigenvalue weighted by atomic mass is 35.5. The van der Waals surface area contributed by atoms with E-state index in [2.05, 4.69) is 10.6 Å². The third-order valence-corrected chi connectivity index (χ3v) is 6.05. The van der Waals surface area contributed by atoms with Crippen molar-refractivity contribution in [1.29, 1.82) is 0 Å². The number of halogens is 1. The van der Waals surface area contributed by atoms with Gasteiger partial charge in [-0.15, -0.1) is 0 Å². The molecule has 0 aromatic heterocycles. The molecule has 144 valence electrons. The van der Waals surface area contributed by atoms with Gasteiger partial charge in [0.2, 0.25) is 15.9 Å². The molecule has 4 N–H and O–H groups in total. The Balaban J connectivity index is 1.68. The second kappa shape index (κ2) is 7.98. The van der Waals surface area contributed by atoms with Crippen molar-refractivity contribution in [2.24, 2.45) is 5.14 Å². The average molecular weight is 408 g/mol. The molecular weight excluding hydrogens is 386 g/mol. The van der Waals surface area contributed by atoms with Gasteiger partial charge in [0.1, 0.15) is 0 Å². The molecule has 0 heterocycles. The molecule has 8 heteroatoms. The van der Waals surface area contributed by atoms with Gasteiger partial charge in [-0.1, -0.05) is 42.6 Å². The van der Waals surface area contributed by atoms with E-state index < -0.39 is 10.0 Å². The van der Waals surface area contributed by atoms with Crippen LogP contribution in [0.2, 0.25) is 5.02 Å². The Morgan fingerprint density at radius 3 is 2.41 bits per heavy atom. The highest BCUT2D eigenvalue weighted by Crippen LogP contribution is 2.39. The summed E-state index contributed by atoms with van der Waals surface area (Å²) in [5.41, 5.74) is 1.26. The first kappa shape index (κ1) is 19.8. The van der Waals surface area contributed by atoms with Crippen molar-refractivity contribution < 1.29 is 13.2 Å². The van der Waals surface area contributed by atoms with Crippen molar-refractivity contribution in [3.8, 4) is 0 Å². The number of nitrogens with two attached hydrogens (primary N) is 1. The van der Waals surface area contributed by atoms with Gasteiger partial charge in [0, 0.05) is 16.2 Å². The van der Waals surface area contributed by atoms with Crippen LogP contribution in [-0.4, -0.2) is 20.9 Å². The Kier molecular flexibility index (Phi) is 5.86. The highest BCUT2D eigenvalue weighted by molar-refractivity contribution is 7.89. The number of carbonyl (C=O) groups excluding carboxylic acids is 1. The van der Waals surface area contributed by atoms with E-state index in [1.807, 2.05) is 24.3 Å². The van der Waals surface area contributed by atoms with E-state index in [1.54, 1.807) is 6.07 Å². The van der Waals surface area contributed by atoms with Crippen molar-refractivity contribution >= 4 is 33.2 Å². The zero-order valence-corrected chi connectivity index (χ0v) is 16.3. The van der Waals surface area contributed by atoms with Gasteiger partial charge in [0.15, 0.2) is 0 Å². The Morgan fingerprint density at radius 2 is 1.78 bits per heavy atom. The van der Waals surface area contributed by atoms with Crippen LogP contribution >= 0.6 is 11.6 Å². The van der Waals surface area contributed by atoms with Crippen LogP contribution in [0.15, 0.2) is 53.4 Å². The summed E-state index contributed by atoms with van der Waals surface area (Å²) in [5.74, 6) is -0.248. The van der Waals surface area contributed by atoms with E-state index in [0.717, 1.165) is 31.2 Å². The van der Waals surface area contributed by atoms with Gasteiger partial charge < -0.3 is 5.32 Å².